The van der Waals surface area contributed by atoms with Gasteiger partial charge in [0.1, 0.15) is 0 Å². The molecule has 0 bridgehead atoms. The fourth-order valence-corrected chi connectivity index (χ4v) is 3.00. The Morgan fingerprint density at radius 3 is 2.57 bits per heavy atom. The molecule has 0 unspecified atom stereocenters. The first kappa shape index (κ1) is 10.4. The summed E-state index contributed by atoms with van der Waals surface area (Å²) in [6.07, 6.45) is 1.65. The Morgan fingerprint density at radius 2 is 1.93 bits per heavy atom. The van der Waals surface area contributed by atoms with Crippen LogP contribution in [0.3, 0.4) is 0 Å². The maximum Gasteiger partial charge on any atom is 0.0991 e. The highest BCUT2D eigenvalue weighted by Gasteiger charge is 2.49. The van der Waals surface area contributed by atoms with Gasteiger partial charge in [-0.1, -0.05) is 6.42 Å². The van der Waals surface area contributed by atoms with E-state index in [-0.39, 0.29) is 18.7 Å². The first-order chi connectivity index (χ1) is 6.66. The van der Waals surface area contributed by atoms with Gasteiger partial charge in [-0.3, -0.25) is 4.90 Å². The summed E-state index contributed by atoms with van der Waals surface area (Å²) in [4.78, 5) is 2.10. The SMILES string of the molecule is C[C@@H]1CCC[C@H]2[C@@H](O)[C@@H](O)[C@@H](CO)N12. The molecule has 2 rings (SSSR count). The molecule has 0 saturated carbocycles. The lowest BCUT2D eigenvalue weighted by atomic mass is 9.96. The van der Waals surface area contributed by atoms with Crippen molar-refractivity contribution in [2.45, 2.75) is 56.5 Å². The number of hydrogen-bond acceptors (Lipinski definition) is 4. The summed E-state index contributed by atoms with van der Waals surface area (Å²) in [5.41, 5.74) is 0. The number of piperidine rings is 1. The molecule has 3 N–H and O–H groups in total. The fourth-order valence-electron chi connectivity index (χ4n) is 3.00. The average Bonchev–Trinajstić information content (AvgIpc) is 2.43. The predicted molar refractivity (Wildman–Crippen MR) is 51.8 cm³/mol. The van der Waals surface area contributed by atoms with Crippen molar-refractivity contribution in [2.24, 2.45) is 0 Å². The van der Waals surface area contributed by atoms with Crippen LogP contribution in [0.1, 0.15) is 26.2 Å². The zero-order valence-electron chi connectivity index (χ0n) is 8.50. The minimum atomic E-state index is -0.787. The number of rotatable bonds is 1. The summed E-state index contributed by atoms with van der Waals surface area (Å²) in [5, 5.41) is 28.8. The van der Waals surface area contributed by atoms with E-state index in [1.165, 1.54) is 0 Å². The molecule has 0 amide bonds. The third-order valence-corrected chi connectivity index (χ3v) is 3.72. The molecule has 2 heterocycles. The van der Waals surface area contributed by atoms with Crippen LogP contribution in [0.5, 0.6) is 0 Å². The van der Waals surface area contributed by atoms with E-state index in [4.69, 9.17) is 0 Å². The van der Waals surface area contributed by atoms with Gasteiger partial charge in [-0.2, -0.15) is 0 Å². The van der Waals surface area contributed by atoms with Crippen molar-refractivity contribution in [3.05, 3.63) is 0 Å². The average molecular weight is 201 g/mol. The Balaban J connectivity index is 2.20. The molecule has 0 aromatic rings. The summed E-state index contributed by atoms with van der Waals surface area (Å²) in [5.74, 6) is 0. The van der Waals surface area contributed by atoms with E-state index in [1.54, 1.807) is 0 Å². The molecule has 2 aliphatic rings. The van der Waals surface area contributed by atoms with Gasteiger partial charge in [-0.15, -0.1) is 0 Å². The van der Waals surface area contributed by atoms with Crippen LogP contribution in [0.25, 0.3) is 0 Å². The third-order valence-electron chi connectivity index (χ3n) is 3.72. The minimum Gasteiger partial charge on any atom is -0.395 e. The normalized spacial score (nSPS) is 49.3. The first-order valence-electron chi connectivity index (χ1n) is 5.41. The molecular formula is C10H19NO3. The quantitative estimate of drug-likeness (QED) is 0.526. The zero-order chi connectivity index (χ0) is 10.3. The molecular weight excluding hydrogens is 182 g/mol. The van der Waals surface area contributed by atoms with Crippen molar-refractivity contribution in [2.75, 3.05) is 6.61 Å². The summed E-state index contributed by atoms with van der Waals surface area (Å²) in [6, 6.07) is 0.133. The van der Waals surface area contributed by atoms with Gasteiger partial charge in [-0.05, 0) is 19.8 Å². The van der Waals surface area contributed by atoms with Gasteiger partial charge < -0.3 is 15.3 Å². The highest BCUT2D eigenvalue weighted by molar-refractivity contribution is 5.03. The van der Waals surface area contributed by atoms with Crippen LogP contribution in [0.4, 0.5) is 0 Å². The lowest BCUT2D eigenvalue weighted by Crippen LogP contribution is -2.49. The predicted octanol–water partition coefficient (Wildman–Crippen LogP) is -0.674. The van der Waals surface area contributed by atoms with Crippen LogP contribution < -0.4 is 0 Å². The van der Waals surface area contributed by atoms with Crippen molar-refractivity contribution in [3.8, 4) is 0 Å². The maximum atomic E-state index is 9.81. The van der Waals surface area contributed by atoms with Gasteiger partial charge in [0.05, 0.1) is 24.9 Å². The van der Waals surface area contributed by atoms with E-state index in [0.717, 1.165) is 19.3 Å². The van der Waals surface area contributed by atoms with Gasteiger partial charge in [0.2, 0.25) is 0 Å². The molecule has 5 atom stereocenters. The highest BCUT2D eigenvalue weighted by Crippen LogP contribution is 2.35. The topological polar surface area (TPSA) is 63.9 Å². The molecule has 4 nitrogen and oxygen atoms in total. The van der Waals surface area contributed by atoms with Crippen molar-refractivity contribution in [3.63, 3.8) is 0 Å². The second-order valence-electron chi connectivity index (χ2n) is 4.53. The van der Waals surface area contributed by atoms with Crippen LogP contribution in [-0.4, -0.2) is 57.2 Å². The van der Waals surface area contributed by atoms with E-state index < -0.39 is 12.2 Å². The van der Waals surface area contributed by atoms with Crippen LogP contribution in [0, 0.1) is 0 Å². The smallest absolute Gasteiger partial charge is 0.0991 e. The van der Waals surface area contributed by atoms with E-state index in [9.17, 15) is 15.3 Å². The van der Waals surface area contributed by atoms with Crippen LogP contribution in [-0.2, 0) is 0 Å². The molecule has 2 aliphatic heterocycles. The Bertz CT molecular complexity index is 202. The molecule has 0 spiro atoms. The number of fused-ring (bicyclic) bond motifs is 1. The van der Waals surface area contributed by atoms with E-state index in [0.29, 0.717) is 6.04 Å². The number of hydrogen-bond donors (Lipinski definition) is 3. The molecule has 4 heteroatoms. The highest BCUT2D eigenvalue weighted by atomic mass is 16.3. The molecule has 0 radical (unpaired) electrons. The summed E-state index contributed by atoms with van der Waals surface area (Å²) >= 11 is 0. The largest absolute Gasteiger partial charge is 0.395 e. The van der Waals surface area contributed by atoms with Crippen LogP contribution in [0.15, 0.2) is 0 Å². The van der Waals surface area contributed by atoms with Gasteiger partial charge in [0, 0.05) is 12.1 Å². The van der Waals surface area contributed by atoms with Crippen molar-refractivity contribution in [1.82, 2.24) is 4.90 Å². The number of nitrogens with zero attached hydrogens (tertiary/aromatic N) is 1. The lowest BCUT2D eigenvalue weighted by molar-refractivity contribution is 0.0174. The van der Waals surface area contributed by atoms with E-state index >= 15 is 0 Å². The maximum absolute atomic E-state index is 9.81. The third kappa shape index (κ3) is 1.37. The van der Waals surface area contributed by atoms with Crippen LogP contribution in [0.2, 0.25) is 0 Å². The van der Waals surface area contributed by atoms with Gasteiger partial charge in [0.15, 0.2) is 0 Å². The molecule has 82 valence electrons. The van der Waals surface area contributed by atoms with Crippen molar-refractivity contribution < 1.29 is 15.3 Å². The first-order valence-corrected chi connectivity index (χ1v) is 5.41. The van der Waals surface area contributed by atoms with Gasteiger partial charge in [-0.25, -0.2) is 0 Å². The Kier molecular flexibility index (Phi) is 2.79. The summed E-state index contributed by atoms with van der Waals surface area (Å²) in [7, 11) is 0. The van der Waals surface area contributed by atoms with Crippen molar-refractivity contribution in [1.29, 1.82) is 0 Å². The Labute approximate surface area is 84.2 Å². The Morgan fingerprint density at radius 1 is 1.21 bits per heavy atom. The zero-order valence-corrected chi connectivity index (χ0v) is 8.50. The second kappa shape index (κ2) is 3.77. The Hall–Kier alpha value is -0.160. The molecule has 2 saturated heterocycles. The van der Waals surface area contributed by atoms with Gasteiger partial charge in [0.25, 0.3) is 0 Å². The molecule has 2 fully saturated rings. The van der Waals surface area contributed by atoms with Crippen molar-refractivity contribution >= 4 is 0 Å². The van der Waals surface area contributed by atoms with Gasteiger partial charge >= 0.3 is 0 Å². The number of aliphatic hydroxyl groups excluding tert-OH is 3. The summed E-state index contributed by atoms with van der Waals surface area (Å²) in [6.45, 7) is 2.03. The van der Waals surface area contributed by atoms with E-state index in [1.807, 2.05) is 0 Å². The fraction of sp³-hybridized carbons (Fsp3) is 1.00. The van der Waals surface area contributed by atoms with Crippen LogP contribution >= 0.6 is 0 Å². The lowest BCUT2D eigenvalue weighted by Gasteiger charge is -2.39. The standard InChI is InChI=1S/C10H19NO3/c1-6-3-2-4-7-9(13)10(14)8(5-12)11(6)7/h6-10,12-14H,2-5H2,1H3/t6-,7+,8-,9-,10+/m1/s1. The summed E-state index contributed by atoms with van der Waals surface area (Å²) < 4.78 is 0. The molecule has 0 aliphatic carbocycles. The number of aliphatic hydroxyl groups is 3. The minimum absolute atomic E-state index is 0.0471. The molecule has 0 aromatic carbocycles. The second-order valence-corrected chi connectivity index (χ2v) is 4.53. The molecule has 0 aromatic heterocycles. The monoisotopic (exact) mass is 201 g/mol. The molecule has 14 heavy (non-hydrogen) atoms. The van der Waals surface area contributed by atoms with E-state index in [2.05, 4.69) is 11.8 Å².